The minimum atomic E-state index is -0.401. The number of hydrogen-bond acceptors (Lipinski definition) is 3. The van der Waals surface area contributed by atoms with Crippen LogP contribution in [0.4, 0.5) is 20.7 Å². The number of benzene rings is 3. The Morgan fingerprint density at radius 2 is 1.69 bits per heavy atom. The Morgan fingerprint density at radius 3 is 2.38 bits per heavy atom. The summed E-state index contributed by atoms with van der Waals surface area (Å²) in [7, 11) is 0. The lowest BCUT2D eigenvalue weighted by atomic mass is 10.1. The lowest BCUT2D eigenvalue weighted by Crippen LogP contribution is -2.30. The van der Waals surface area contributed by atoms with E-state index in [0.29, 0.717) is 35.1 Å². The zero-order valence-electron chi connectivity index (χ0n) is 17.1. The summed E-state index contributed by atoms with van der Waals surface area (Å²) in [6.07, 6.45) is 0.697. The third-order valence-corrected chi connectivity index (χ3v) is 5.14. The van der Waals surface area contributed by atoms with E-state index in [1.165, 1.54) is 16.8 Å². The fraction of sp³-hybridized carbons (Fsp3) is 0.0833. The van der Waals surface area contributed by atoms with Crippen LogP contribution in [-0.4, -0.2) is 22.4 Å². The molecule has 6 nitrogen and oxygen atoms in total. The van der Waals surface area contributed by atoms with Crippen molar-refractivity contribution in [2.24, 2.45) is 0 Å². The zero-order valence-corrected chi connectivity index (χ0v) is 17.8. The molecule has 0 aliphatic carbocycles. The van der Waals surface area contributed by atoms with Gasteiger partial charge >= 0.3 is 6.03 Å². The van der Waals surface area contributed by atoms with Gasteiger partial charge in [0.15, 0.2) is 5.82 Å². The maximum Gasteiger partial charge on any atom is 0.319 e. The first kappa shape index (κ1) is 21.4. The minimum absolute atomic E-state index is 0.222. The first-order chi connectivity index (χ1) is 15.5. The number of carbonyl (C=O) groups is 1. The van der Waals surface area contributed by atoms with Gasteiger partial charge in [0.05, 0.1) is 5.69 Å². The van der Waals surface area contributed by atoms with Crippen molar-refractivity contribution in [2.45, 2.75) is 6.42 Å². The van der Waals surface area contributed by atoms with Crippen molar-refractivity contribution in [3.63, 3.8) is 0 Å². The molecule has 4 rings (SSSR count). The second kappa shape index (κ2) is 9.53. The van der Waals surface area contributed by atoms with Gasteiger partial charge in [-0.1, -0.05) is 54.1 Å². The minimum Gasteiger partial charge on any atom is -0.382 e. The van der Waals surface area contributed by atoms with E-state index >= 15 is 0 Å². The van der Waals surface area contributed by atoms with Gasteiger partial charge in [-0.3, -0.25) is 0 Å². The molecule has 0 bridgehead atoms. The van der Waals surface area contributed by atoms with Crippen LogP contribution in [0.25, 0.3) is 16.9 Å². The molecule has 4 aromatic rings. The molecule has 0 saturated carbocycles. The predicted molar refractivity (Wildman–Crippen MR) is 126 cm³/mol. The van der Waals surface area contributed by atoms with E-state index in [2.05, 4.69) is 15.7 Å². The van der Waals surface area contributed by atoms with Crippen LogP contribution in [0.1, 0.15) is 5.56 Å². The van der Waals surface area contributed by atoms with Crippen LogP contribution >= 0.6 is 11.6 Å². The SMILES string of the molecule is Nc1c(NC(=O)NCCc2ccccc2)c(-c2ccc(Cl)cc2)nn1-c1ccc(F)cc1. The molecule has 0 unspecified atom stereocenters. The van der Waals surface area contributed by atoms with Gasteiger partial charge in [-0.2, -0.15) is 5.10 Å². The number of aromatic nitrogens is 2. The lowest BCUT2D eigenvalue weighted by Gasteiger charge is -2.09. The molecule has 8 heteroatoms. The van der Waals surface area contributed by atoms with Crippen molar-refractivity contribution >= 4 is 29.1 Å². The van der Waals surface area contributed by atoms with E-state index in [0.717, 1.165) is 11.1 Å². The Balaban J connectivity index is 1.59. The van der Waals surface area contributed by atoms with Crippen molar-refractivity contribution < 1.29 is 9.18 Å². The molecular weight excluding hydrogens is 429 g/mol. The fourth-order valence-electron chi connectivity index (χ4n) is 3.27. The maximum absolute atomic E-state index is 13.4. The summed E-state index contributed by atoms with van der Waals surface area (Å²) in [4.78, 5) is 12.6. The van der Waals surface area contributed by atoms with Crippen molar-refractivity contribution in [3.8, 4) is 16.9 Å². The summed E-state index contributed by atoms with van der Waals surface area (Å²) in [6.45, 7) is 0.456. The number of hydrogen-bond donors (Lipinski definition) is 3. The summed E-state index contributed by atoms with van der Waals surface area (Å²) in [5.74, 6) is -0.145. The van der Waals surface area contributed by atoms with E-state index in [1.54, 1.807) is 36.4 Å². The summed E-state index contributed by atoms with van der Waals surface area (Å²) < 4.78 is 14.8. The molecule has 3 aromatic carbocycles. The third kappa shape index (κ3) is 4.90. The summed E-state index contributed by atoms with van der Waals surface area (Å²) >= 11 is 6.01. The van der Waals surface area contributed by atoms with Gasteiger partial charge in [0.2, 0.25) is 0 Å². The van der Waals surface area contributed by atoms with Crippen LogP contribution in [-0.2, 0) is 6.42 Å². The average Bonchev–Trinajstić information content (AvgIpc) is 3.11. The second-order valence-electron chi connectivity index (χ2n) is 7.12. The molecule has 2 amide bonds. The quantitative estimate of drug-likeness (QED) is 0.374. The van der Waals surface area contributed by atoms with E-state index in [-0.39, 0.29) is 11.6 Å². The van der Waals surface area contributed by atoms with Crippen molar-refractivity contribution in [1.82, 2.24) is 15.1 Å². The van der Waals surface area contributed by atoms with Gasteiger partial charge in [0.25, 0.3) is 0 Å². The van der Waals surface area contributed by atoms with Crippen LogP contribution in [0, 0.1) is 5.82 Å². The van der Waals surface area contributed by atoms with Crippen molar-refractivity contribution in [1.29, 1.82) is 0 Å². The highest BCUT2D eigenvalue weighted by Gasteiger charge is 2.20. The predicted octanol–water partition coefficient (Wildman–Crippen LogP) is 5.28. The van der Waals surface area contributed by atoms with Gasteiger partial charge in [0, 0.05) is 17.1 Å². The van der Waals surface area contributed by atoms with Crippen LogP contribution in [0.3, 0.4) is 0 Å². The largest absolute Gasteiger partial charge is 0.382 e. The topological polar surface area (TPSA) is 85.0 Å². The number of rotatable bonds is 6. The lowest BCUT2D eigenvalue weighted by molar-refractivity contribution is 0.252. The molecule has 1 heterocycles. The van der Waals surface area contributed by atoms with Gasteiger partial charge in [-0.25, -0.2) is 13.9 Å². The van der Waals surface area contributed by atoms with Crippen LogP contribution in [0.5, 0.6) is 0 Å². The monoisotopic (exact) mass is 449 g/mol. The van der Waals surface area contributed by atoms with E-state index < -0.39 is 6.03 Å². The Morgan fingerprint density at radius 1 is 1.00 bits per heavy atom. The van der Waals surface area contributed by atoms with Crippen LogP contribution in [0.15, 0.2) is 78.9 Å². The highest BCUT2D eigenvalue weighted by molar-refractivity contribution is 6.30. The van der Waals surface area contributed by atoms with Crippen molar-refractivity contribution in [3.05, 3.63) is 95.3 Å². The zero-order chi connectivity index (χ0) is 22.5. The molecule has 1 aromatic heterocycles. The maximum atomic E-state index is 13.4. The van der Waals surface area contributed by atoms with Crippen molar-refractivity contribution in [2.75, 3.05) is 17.6 Å². The molecule has 0 aliphatic rings. The van der Waals surface area contributed by atoms with Gasteiger partial charge in [-0.05, 0) is 48.4 Å². The van der Waals surface area contributed by atoms with E-state index in [4.69, 9.17) is 17.3 Å². The number of nitrogens with one attached hydrogen (secondary N) is 2. The van der Waals surface area contributed by atoms with Gasteiger partial charge < -0.3 is 16.4 Å². The number of anilines is 2. The van der Waals surface area contributed by atoms with Gasteiger partial charge in [-0.15, -0.1) is 0 Å². The van der Waals surface area contributed by atoms with Crippen LogP contribution in [0.2, 0.25) is 5.02 Å². The molecule has 162 valence electrons. The summed E-state index contributed by atoms with van der Waals surface area (Å²) in [5.41, 5.74) is 9.59. The highest BCUT2D eigenvalue weighted by atomic mass is 35.5. The Bertz CT molecular complexity index is 1210. The molecule has 0 fully saturated rings. The van der Waals surface area contributed by atoms with E-state index in [1.807, 2.05) is 30.3 Å². The molecule has 0 atom stereocenters. The molecule has 0 radical (unpaired) electrons. The standard InChI is InChI=1S/C24H21ClFN5O/c25-18-8-6-17(7-9-18)21-22(23(27)31(30-21)20-12-10-19(26)11-13-20)29-24(32)28-15-14-16-4-2-1-3-5-16/h1-13H,14-15,27H2,(H2,28,29,32). The second-order valence-corrected chi connectivity index (χ2v) is 7.56. The fourth-order valence-corrected chi connectivity index (χ4v) is 3.39. The average molecular weight is 450 g/mol. The molecule has 0 saturated heterocycles. The number of nitrogens with two attached hydrogens (primary N) is 1. The Hall–Kier alpha value is -3.84. The third-order valence-electron chi connectivity index (χ3n) is 4.89. The molecule has 4 N–H and O–H groups in total. The number of nitrogens with zero attached hydrogens (tertiary/aromatic N) is 2. The number of carbonyl (C=O) groups excluding carboxylic acids is 1. The molecule has 0 aliphatic heterocycles. The number of amides is 2. The van der Waals surface area contributed by atoms with Crippen LogP contribution < -0.4 is 16.4 Å². The molecular formula is C24H21ClFN5O. The smallest absolute Gasteiger partial charge is 0.319 e. The first-order valence-corrected chi connectivity index (χ1v) is 10.4. The molecule has 0 spiro atoms. The highest BCUT2D eigenvalue weighted by Crippen LogP contribution is 2.34. The first-order valence-electron chi connectivity index (χ1n) is 10.0. The normalized spacial score (nSPS) is 10.7. The number of nitrogen functional groups attached to an aromatic ring is 1. The number of halogens is 2. The summed E-state index contributed by atoms with van der Waals surface area (Å²) in [6, 6.07) is 22.3. The van der Waals surface area contributed by atoms with Gasteiger partial charge in [0.1, 0.15) is 17.2 Å². The number of urea groups is 1. The molecule has 32 heavy (non-hydrogen) atoms. The Kier molecular flexibility index (Phi) is 6.37. The van der Waals surface area contributed by atoms with E-state index in [9.17, 15) is 9.18 Å². The Labute approximate surface area is 189 Å². The summed E-state index contributed by atoms with van der Waals surface area (Å²) in [5, 5.41) is 10.8.